The Morgan fingerprint density at radius 1 is 1.27 bits per heavy atom. The lowest BCUT2D eigenvalue weighted by atomic mass is 10.1. The normalized spacial score (nSPS) is 9.47. The lowest BCUT2D eigenvalue weighted by molar-refractivity contribution is -0.139. The maximum absolute atomic E-state index is 10.9. The predicted octanol–water partition coefficient (Wildman–Crippen LogP) is 2.14. The van der Waals surface area contributed by atoms with Gasteiger partial charge in [-0.3, -0.25) is 4.79 Å². The molecule has 1 aromatic carbocycles. The minimum Gasteiger partial charge on any atom is -0.469 e. The van der Waals surface area contributed by atoms with E-state index in [9.17, 15) is 9.59 Å². The van der Waals surface area contributed by atoms with Gasteiger partial charge in [0.15, 0.2) is 0 Å². The van der Waals surface area contributed by atoms with Crippen molar-refractivity contribution in [3.8, 4) is 5.75 Å². The van der Waals surface area contributed by atoms with Gasteiger partial charge in [-0.15, -0.1) is 0 Å². The van der Waals surface area contributed by atoms with E-state index in [2.05, 4.69) is 9.47 Å². The van der Waals surface area contributed by atoms with E-state index < -0.39 is 5.43 Å². The van der Waals surface area contributed by atoms with Crippen LogP contribution in [0.25, 0.3) is 0 Å². The number of halogens is 1. The van der Waals surface area contributed by atoms with Gasteiger partial charge in [-0.05, 0) is 17.7 Å². The molecule has 0 aliphatic carbocycles. The highest BCUT2D eigenvalue weighted by Crippen LogP contribution is 2.13. The van der Waals surface area contributed by atoms with Gasteiger partial charge in [-0.25, -0.2) is 4.79 Å². The van der Waals surface area contributed by atoms with Crippen molar-refractivity contribution in [2.75, 3.05) is 7.11 Å². The summed E-state index contributed by atoms with van der Waals surface area (Å²) in [7, 11) is 1.33. The van der Waals surface area contributed by atoms with Crippen LogP contribution in [0.1, 0.15) is 5.56 Å². The first kappa shape index (κ1) is 11.5. The van der Waals surface area contributed by atoms with Crippen LogP contribution in [0, 0.1) is 0 Å². The Bertz CT molecular complexity index is 358. The van der Waals surface area contributed by atoms with E-state index in [-0.39, 0.29) is 12.4 Å². The molecule has 80 valence electrons. The zero-order valence-corrected chi connectivity index (χ0v) is 8.78. The highest BCUT2D eigenvalue weighted by molar-refractivity contribution is 6.61. The minimum atomic E-state index is -0.893. The van der Waals surface area contributed by atoms with Gasteiger partial charge in [0.1, 0.15) is 5.75 Å². The lowest BCUT2D eigenvalue weighted by Crippen LogP contribution is -2.04. The molecular formula is C10H9ClO4. The number of rotatable bonds is 3. The molecule has 0 fully saturated rings. The Morgan fingerprint density at radius 2 is 1.87 bits per heavy atom. The number of ether oxygens (including phenoxy) is 2. The Hall–Kier alpha value is -1.55. The van der Waals surface area contributed by atoms with Crippen LogP contribution in [0.5, 0.6) is 5.75 Å². The third kappa shape index (κ3) is 3.99. The van der Waals surface area contributed by atoms with E-state index in [4.69, 9.17) is 11.6 Å². The fraction of sp³-hybridized carbons (Fsp3) is 0.200. The fourth-order valence-corrected chi connectivity index (χ4v) is 1.10. The zero-order chi connectivity index (χ0) is 11.3. The first-order chi connectivity index (χ1) is 7.11. The Balaban J connectivity index is 2.64. The maximum Gasteiger partial charge on any atom is 0.409 e. The monoisotopic (exact) mass is 228 g/mol. The van der Waals surface area contributed by atoms with Gasteiger partial charge >= 0.3 is 11.4 Å². The van der Waals surface area contributed by atoms with E-state index >= 15 is 0 Å². The van der Waals surface area contributed by atoms with Crippen molar-refractivity contribution in [3.05, 3.63) is 29.8 Å². The number of methoxy groups -OCH3 is 1. The van der Waals surface area contributed by atoms with E-state index in [1.165, 1.54) is 7.11 Å². The molecule has 0 amide bonds. The van der Waals surface area contributed by atoms with Gasteiger partial charge in [0.05, 0.1) is 13.5 Å². The van der Waals surface area contributed by atoms with E-state index in [0.717, 1.165) is 5.56 Å². The summed E-state index contributed by atoms with van der Waals surface area (Å²) in [4.78, 5) is 21.3. The van der Waals surface area contributed by atoms with E-state index in [1.807, 2.05) is 0 Å². The minimum absolute atomic E-state index is 0.186. The first-order valence-corrected chi connectivity index (χ1v) is 4.52. The third-order valence-electron chi connectivity index (χ3n) is 1.70. The van der Waals surface area contributed by atoms with Gasteiger partial charge in [0.25, 0.3) is 0 Å². The second-order valence-corrected chi connectivity index (χ2v) is 3.05. The molecule has 0 saturated heterocycles. The van der Waals surface area contributed by atoms with Crippen molar-refractivity contribution in [3.63, 3.8) is 0 Å². The summed E-state index contributed by atoms with van der Waals surface area (Å²) < 4.78 is 9.11. The standard InChI is InChI=1S/C10H9ClO4/c1-14-9(12)6-7-2-4-8(5-3-7)15-10(11)13/h2-5H,6H2,1H3. The number of carbonyl (C=O) groups is 2. The molecule has 0 aliphatic rings. The van der Waals surface area contributed by atoms with Crippen molar-refractivity contribution in [2.45, 2.75) is 6.42 Å². The van der Waals surface area contributed by atoms with Crippen molar-refractivity contribution >= 4 is 23.0 Å². The Morgan fingerprint density at radius 3 is 2.33 bits per heavy atom. The van der Waals surface area contributed by atoms with Crippen molar-refractivity contribution in [1.29, 1.82) is 0 Å². The molecule has 0 bridgehead atoms. The third-order valence-corrected chi connectivity index (χ3v) is 1.77. The molecule has 0 spiro atoms. The van der Waals surface area contributed by atoms with Crippen molar-refractivity contribution in [2.24, 2.45) is 0 Å². The molecule has 5 heteroatoms. The predicted molar refractivity (Wildman–Crippen MR) is 54.0 cm³/mol. The molecule has 0 heterocycles. The molecule has 0 saturated carbocycles. The average Bonchev–Trinajstić information content (AvgIpc) is 2.20. The van der Waals surface area contributed by atoms with Gasteiger partial charge in [-0.1, -0.05) is 12.1 Å². The number of carbonyl (C=O) groups excluding carboxylic acids is 2. The Kier molecular flexibility index (Phi) is 4.12. The summed E-state index contributed by atoms with van der Waals surface area (Å²) >= 11 is 5.02. The quantitative estimate of drug-likeness (QED) is 0.588. The SMILES string of the molecule is COC(=O)Cc1ccc(OC(=O)Cl)cc1. The lowest BCUT2D eigenvalue weighted by Gasteiger charge is -2.02. The smallest absolute Gasteiger partial charge is 0.409 e. The zero-order valence-electron chi connectivity index (χ0n) is 8.03. The molecule has 0 radical (unpaired) electrons. The van der Waals surface area contributed by atoms with Crippen LogP contribution in [-0.2, 0) is 16.0 Å². The molecule has 0 N–H and O–H groups in total. The molecule has 0 unspecified atom stereocenters. The summed E-state index contributed by atoms with van der Waals surface area (Å²) in [5.74, 6) is 0.0145. The van der Waals surface area contributed by atoms with Gasteiger partial charge in [-0.2, -0.15) is 0 Å². The van der Waals surface area contributed by atoms with Crippen LogP contribution in [0.4, 0.5) is 4.79 Å². The number of hydrogen-bond acceptors (Lipinski definition) is 4. The van der Waals surface area contributed by atoms with Gasteiger partial charge in [0, 0.05) is 11.6 Å². The molecule has 0 atom stereocenters. The maximum atomic E-state index is 10.9. The number of esters is 1. The Labute approximate surface area is 91.7 Å². The van der Waals surface area contributed by atoms with E-state index in [0.29, 0.717) is 5.75 Å². The highest BCUT2D eigenvalue weighted by Gasteiger charge is 2.04. The summed E-state index contributed by atoms with van der Waals surface area (Å²) in [5, 5.41) is 0. The van der Waals surface area contributed by atoms with E-state index in [1.54, 1.807) is 24.3 Å². The molecule has 0 aromatic heterocycles. The summed E-state index contributed by atoms with van der Waals surface area (Å²) in [6.07, 6.45) is 0.186. The van der Waals surface area contributed by atoms with Crippen LogP contribution >= 0.6 is 11.6 Å². The van der Waals surface area contributed by atoms with Crippen LogP contribution < -0.4 is 4.74 Å². The van der Waals surface area contributed by atoms with Crippen LogP contribution in [0.3, 0.4) is 0 Å². The fourth-order valence-electron chi connectivity index (χ4n) is 1.01. The molecular weight excluding hydrogens is 220 g/mol. The second-order valence-electron chi connectivity index (χ2n) is 2.74. The number of benzene rings is 1. The van der Waals surface area contributed by atoms with Crippen LogP contribution in [-0.4, -0.2) is 18.5 Å². The first-order valence-electron chi connectivity index (χ1n) is 4.15. The summed E-state index contributed by atoms with van der Waals surface area (Å²) in [6, 6.07) is 6.43. The summed E-state index contributed by atoms with van der Waals surface area (Å²) in [6.45, 7) is 0. The molecule has 0 aliphatic heterocycles. The largest absolute Gasteiger partial charge is 0.469 e. The van der Waals surface area contributed by atoms with Gasteiger partial charge in [0.2, 0.25) is 0 Å². The van der Waals surface area contributed by atoms with Gasteiger partial charge < -0.3 is 9.47 Å². The highest BCUT2D eigenvalue weighted by atomic mass is 35.5. The molecule has 1 aromatic rings. The van der Waals surface area contributed by atoms with Crippen LogP contribution in [0.2, 0.25) is 0 Å². The molecule has 1 rings (SSSR count). The molecule has 4 nitrogen and oxygen atoms in total. The van der Waals surface area contributed by atoms with Crippen LogP contribution in [0.15, 0.2) is 24.3 Å². The second kappa shape index (κ2) is 5.36. The van der Waals surface area contributed by atoms with Crippen molar-refractivity contribution in [1.82, 2.24) is 0 Å². The number of hydrogen-bond donors (Lipinski definition) is 0. The summed E-state index contributed by atoms with van der Waals surface area (Å²) in [5.41, 5.74) is -0.119. The van der Waals surface area contributed by atoms with Crippen molar-refractivity contribution < 1.29 is 19.1 Å². The topological polar surface area (TPSA) is 52.6 Å². The molecule has 15 heavy (non-hydrogen) atoms. The average molecular weight is 229 g/mol.